The molecule has 12 nitrogen and oxygen atoms in total. The Balaban J connectivity index is 0.992. The molecule has 1 unspecified atom stereocenters. The third-order valence-corrected chi connectivity index (χ3v) is 9.17. The molecule has 0 saturated carbocycles. The second-order valence-corrected chi connectivity index (χ2v) is 12.8. The smallest absolute Gasteiger partial charge is 0.338 e. The van der Waals surface area contributed by atoms with E-state index in [0.29, 0.717) is 50.6 Å². The summed E-state index contributed by atoms with van der Waals surface area (Å²) in [7, 11) is 0. The van der Waals surface area contributed by atoms with Gasteiger partial charge in [-0.3, -0.25) is 14.6 Å². The summed E-state index contributed by atoms with van der Waals surface area (Å²) in [6.07, 6.45) is 2.00. The van der Waals surface area contributed by atoms with Crippen LogP contribution in [0.2, 0.25) is 0 Å². The van der Waals surface area contributed by atoms with Gasteiger partial charge in [-0.15, -0.1) is 0 Å². The van der Waals surface area contributed by atoms with E-state index in [1.807, 2.05) is 6.07 Å². The van der Waals surface area contributed by atoms with Gasteiger partial charge in [0.05, 0.1) is 12.1 Å². The number of rotatable bonds is 12. The lowest BCUT2D eigenvalue weighted by atomic mass is 10.1. The molecule has 54 heavy (non-hydrogen) atoms. The molecule has 0 aliphatic carbocycles. The van der Waals surface area contributed by atoms with E-state index < -0.39 is 18.0 Å². The van der Waals surface area contributed by atoms with Crippen LogP contribution in [0.4, 0.5) is 30.0 Å². The molecule has 7 rings (SSSR count). The van der Waals surface area contributed by atoms with Crippen molar-refractivity contribution in [3.05, 3.63) is 155 Å². The normalized spacial score (nSPS) is 14.8. The van der Waals surface area contributed by atoms with E-state index >= 15 is 0 Å². The van der Waals surface area contributed by atoms with Gasteiger partial charge in [0.2, 0.25) is 0 Å². The summed E-state index contributed by atoms with van der Waals surface area (Å²) in [5, 5.41) is 2.84. The molecule has 0 radical (unpaired) electrons. The molecule has 274 valence electrons. The van der Waals surface area contributed by atoms with Gasteiger partial charge < -0.3 is 19.9 Å². The Hall–Kier alpha value is -6.70. The SMILES string of the molecule is O=C(NCC(OC(=O)c1ccnc(N2CCN(Cc3ccc(F)cc3)C2=O)c1)c1ccccc1)c1ccnc(N2CCN(Cc3ccc(F)cc3)C2=O)c1. The van der Waals surface area contributed by atoms with Crippen molar-refractivity contribution in [2.45, 2.75) is 19.2 Å². The standard InChI is InChI=1S/C40H35F2N7O5/c41-32-10-6-27(7-11-32)25-46-18-20-48(39(46)52)35-22-30(14-16-43-35)37(50)45-24-34(29-4-2-1-3-5-29)54-38(51)31-15-17-44-36(23-31)49-21-19-47(40(49)53)26-28-8-12-33(42)13-9-28/h1-17,22-23,34H,18-21,24-26H2,(H,45,50). The zero-order chi connectivity index (χ0) is 37.6. The van der Waals surface area contributed by atoms with E-state index in [4.69, 9.17) is 4.74 Å². The number of pyridine rings is 2. The number of nitrogens with one attached hydrogen (secondary N) is 1. The van der Waals surface area contributed by atoms with Gasteiger partial charge in [0.15, 0.2) is 0 Å². The Kier molecular flexibility index (Phi) is 10.5. The van der Waals surface area contributed by atoms with Crippen LogP contribution >= 0.6 is 0 Å². The van der Waals surface area contributed by atoms with Crippen molar-refractivity contribution in [3.8, 4) is 0 Å². The third-order valence-electron chi connectivity index (χ3n) is 9.17. The van der Waals surface area contributed by atoms with E-state index in [9.17, 15) is 28.0 Å². The van der Waals surface area contributed by atoms with Crippen molar-refractivity contribution < 1.29 is 32.7 Å². The van der Waals surface area contributed by atoms with Gasteiger partial charge in [0.25, 0.3) is 5.91 Å². The fourth-order valence-corrected chi connectivity index (χ4v) is 6.28. The number of aromatic nitrogens is 2. The number of hydrogen-bond donors (Lipinski definition) is 1. The predicted molar refractivity (Wildman–Crippen MR) is 195 cm³/mol. The minimum Gasteiger partial charge on any atom is -0.452 e. The van der Waals surface area contributed by atoms with E-state index in [0.717, 1.165) is 11.1 Å². The number of hydrogen-bond acceptors (Lipinski definition) is 7. The van der Waals surface area contributed by atoms with Crippen molar-refractivity contribution in [1.29, 1.82) is 0 Å². The molecule has 0 spiro atoms. The van der Waals surface area contributed by atoms with E-state index in [2.05, 4.69) is 15.3 Å². The molecular weight excluding hydrogens is 696 g/mol. The molecule has 1 atom stereocenters. The number of halogens is 2. The molecule has 3 aromatic carbocycles. The maximum absolute atomic E-state index is 13.5. The lowest BCUT2D eigenvalue weighted by Crippen LogP contribution is -2.33. The van der Waals surface area contributed by atoms with Crippen LogP contribution in [-0.4, -0.2) is 76.4 Å². The topological polar surface area (TPSA) is 128 Å². The van der Waals surface area contributed by atoms with Gasteiger partial charge in [0, 0.05) is 57.2 Å². The highest BCUT2D eigenvalue weighted by Crippen LogP contribution is 2.25. The van der Waals surface area contributed by atoms with Gasteiger partial charge in [-0.1, -0.05) is 54.6 Å². The van der Waals surface area contributed by atoms with E-state index in [-0.39, 0.29) is 47.2 Å². The highest BCUT2D eigenvalue weighted by Gasteiger charge is 2.32. The number of esters is 1. The predicted octanol–water partition coefficient (Wildman–Crippen LogP) is 5.97. The highest BCUT2D eigenvalue weighted by molar-refractivity contribution is 5.98. The van der Waals surface area contributed by atoms with Crippen molar-refractivity contribution in [2.24, 2.45) is 0 Å². The average Bonchev–Trinajstić information content (AvgIpc) is 3.75. The average molecular weight is 732 g/mol. The van der Waals surface area contributed by atoms with Gasteiger partial charge in [-0.25, -0.2) is 33.1 Å². The largest absolute Gasteiger partial charge is 0.452 e. The molecule has 2 fully saturated rings. The highest BCUT2D eigenvalue weighted by atomic mass is 19.1. The minimum absolute atomic E-state index is 0.0682. The van der Waals surface area contributed by atoms with E-state index in [1.54, 1.807) is 58.3 Å². The summed E-state index contributed by atoms with van der Waals surface area (Å²) in [4.78, 5) is 68.2. The second-order valence-electron chi connectivity index (χ2n) is 12.8. The summed E-state index contributed by atoms with van der Waals surface area (Å²) in [5.41, 5.74) is 2.64. The van der Waals surface area contributed by atoms with Crippen LogP contribution in [0, 0.1) is 11.6 Å². The zero-order valence-electron chi connectivity index (χ0n) is 29.0. The molecule has 5 amide bonds. The Labute approximate surface area is 309 Å². The number of anilines is 2. The van der Waals surface area contributed by atoms with Crippen molar-refractivity contribution in [1.82, 2.24) is 25.1 Å². The summed E-state index contributed by atoms with van der Waals surface area (Å²) in [6.45, 7) is 2.11. The lowest BCUT2D eigenvalue weighted by Gasteiger charge is -2.21. The maximum atomic E-state index is 13.5. The summed E-state index contributed by atoms with van der Waals surface area (Å²) in [5.74, 6) is -1.26. The number of carbonyl (C=O) groups excluding carboxylic acids is 4. The summed E-state index contributed by atoms with van der Waals surface area (Å²) in [6, 6.07) is 26.3. The number of nitrogens with zero attached hydrogens (tertiary/aromatic N) is 6. The Morgan fingerprint density at radius 1 is 0.667 bits per heavy atom. The Morgan fingerprint density at radius 2 is 1.17 bits per heavy atom. The lowest BCUT2D eigenvalue weighted by molar-refractivity contribution is 0.0293. The fraction of sp³-hybridized carbons (Fsp3) is 0.200. The van der Waals surface area contributed by atoms with E-state index in [1.165, 1.54) is 70.7 Å². The Morgan fingerprint density at radius 3 is 1.70 bits per heavy atom. The molecule has 2 saturated heterocycles. The van der Waals surface area contributed by atoms with Crippen molar-refractivity contribution in [3.63, 3.8) is 0 Å². The molecule has 2 aromatic heterocycles. The first-order chi connectivity index (χ1) is 26.2. The molecule has 2 aliphatic heterocycles. The number of urea groups is 2. The van der Waals surface area contributed by atoms with Crippen LogP contribution in [0.3, 0.4) is 0 Å². The molecule has 0 bridgehead atoms. The van der Waals surface area contributed by atoms with Gasteiger partial charge in [0.1, 0.15) is 29.4 Å². The first kappa shape index (κ1) is 35.7. The molecular formula is C40H35F2N7O5. The van der Waals surface area contributed by atoms with Gasteiger partial charge in [-0.05, 0) is 65.2 Å². The van der Waals surface area contributed by atoms with Crippen LogP contribution in [0.1, 0.15) is 43.5 Å². The molecule has 2 aliphatic rings. The minimum atomic E-state index is -0.875. The van der Waals surface area contributed by atoms with Crippen LogP contribution < -0.4 is 15.1 Å². The van der Waals surface area contributed by atoms with Crippen LogP contribution in [0.5, 0.6) is 0 Å². The zero-order valence-corrected chi connectivity index (χ0v) is 29.0. The number of ether oxygens (including phenoxy) is 1. The quantitative estimate of drug-likeness (QED) is 0.157. The van der Waals surface area contributed by atoms with Crippen molar-refractivity contribution in [2.75, 3.05) is 42.5 Å². The Bertz CT molecular complexity index is 2150. The third kappa shape index (κ3) is 8.17. The number of carbonyl (C=O) groups is 4. The second kappa shape index (κ2) is 15.9. The van der Waals surface area contributed by atoms with Crippen LogP contribution in [0.25, 0.3) is 0 Å². The number of benzene rings is 3. The van der Waals surface area contributed by atoms with Crippen LogP contribution in [0.15, 0.2) is 116 Å². The fourth-order valence-electron chi connectivity index (χ4n) is 6.28. The van der Waals surface area contributed by atoms with Gasteiger partial charge in [-0.2, -0.15) is 0 Å². The molecule has 4 heterocycles. The van der Waals surface area contributed by atoms with Gasteiger partial charge >= 0.3 is 18.0 Å². The first-order valence-corrected chi connectivity index (χ1v) is 17.3. The summed E-state index contributed by atoms with van der Waals surface area (Å²) >= 11 is 0. The molecule has 1 N–H and O–H groups in total. The number of amides is 5. The van der Waals surface area contributed by atoms with Crippen molar-refractivity contribution >= 4 is 35.6 Å². The summed E-state index contributed by atoms with van der Waals surface area (Å²) < 4.78 is 32.6. The maximum Gasteiger partial charge on any atom is 0.338 e. The monoisotopic (exact) mass is 731 g/mol. The molecule has 14 heteroatoms. The first-order valence-electron chi connectivity index (χ1n) is 17.3. The van der Waals surface area contributed by atoms with Crippen LogP contribution in [-0.2, 0) is 17.8 Å². The molecule has 5 aromatic rings.